The summed E-state index contributed by atoms with van der Waals surface area (Å²) in [5.41, 5.74) is 1.54. The van der Waals surface area contributed by atoms with Gasteiger partial charge < -0.3 is 14.6 Å². The van der Waals surface area contributed by atoms with Crippen molar-refractivity contribution in [2.45, 2.75) is 13.5 Å². The first-order valence-corrected chi connectivity index (χ1v) is 7.13. The standard InChI is InChI=1S/C18H17FO4/c1-2-22-17-11-13(6-10-18(20)21)5-9-16(17)23-12-14-3-7-15(19)8-4-14/h3-11H,2,12H2,1H3,(H,20,21). The summed E-state index contributed by atoms with van der Waals surface area (Å²) in [6.07, 6.45) is 2.54. The summed E-state index contributed by atoms with van der Waals surface area (Å²) in [4.78, 5) is 10.6. The lowest BCUT2D eigenvalue weighted by Crippen LogP contribution is -2.00. The molecule has 0 atom stereocenters. The number of benzene rings is 2. The molecule has 0 saturated heterocycles. The number of hydrogen-bond acceptors (Lipinski definition) is 3. The monoisotopic (exact) mass is 316 g/mol. The van der Waals surface area contributed by atoms with E-state index in [1.54, 1.807) is 30.3 Å². The third kappa shape index (κ3) is 5.14. The second-order valence-corrected chi connectivity index (χ2v) is 4.73. The molecule has 0 spiro atoms. The van der Waals surface area contributed by atoms with Gasteiger partial charge in [0.2, 0.25) is 0 Å². The van der Waals surface area contributed by atoms with Gasteiger partial charge in [-0.05, 0) is 48.4 Å². The van der Waals surface area contributed by atoms with Crippen molar-refractivity contribution in [3.63, 3.8) is 0 Å². The highest BCUT2D eigenvalue weighted by Gasteiger charge is 2.06. The number of carboxylic acid groups (broad SMARTS) is 1. The van der Waals surface area contributed by atoms with Crippen LogP contribution in [0.3, 0.4) is 0 Å². The zero-order valence-corrected chi connectivity index (χ0v) is 12.7. The minimum absolute atomic E-state index is 0.282. The second kappa shape index (κ2) is 7.98. The molecule has 0 saturated carbocycles. The molecule has 0 fully saturated rings. The molecule has 23 heavy (non-hydrogen) atoms. The summed E-state index contributed by atoms with van der Waals surface area (Å²) < 4.78 is 24.1. The van der Waals surface area contributed by atoms with Gasteiger partial charge in [0.15, 0.2) is 11.5 Å². The Morgan fingerprint density at radius 2 is 1.87 bits per heavy atom. The van der Waals surface area contributed by atoms with Crippen molar-refractivity contribution in [2.24, 2.45) is 0 Å². The maximum absolute atomic E-state index is 12.9. The SMILES string of the molecule is CCOc1cc(C=CC(=O)O)ccc1OCc1ccc(F)cc1. The van der Waals surface area contributed by atoms with E-state index in [1.165, 1.54) is 18.2 Å². The molecule has 0 amide bonds. The Balaban J connectivity index is 2.13. The molecular formula is C18H17FO4. The van der Waals surface area contributed by atoms with E-state index in [0.29, 0.717) is 23.7 Å². The predicted molar refractivity (Wildman–Crippen MR) is 85.0 cm³/mol. The van der Waals surface area contributed by atoms with Gasteiger partial charge in [0.05, 0.1) is 6.61 Å². The average Bonchev–Trinajstić information content (AvgIpc) is 2.54. The first-order chi connectivity index (χ1) is 11.1. The molecule has 0 aliphatic rings. The van der Waals surface area contributed by atoms with Gasteiger partial charge in [-0.15, -0.1) is 0 Å². The number of carbonyl (C=O) groups is 1. The third-order valence-electron chi connectivity index (χ3n) is 2.99. The summed E-state index contributed by atoms with van der Waals surface area (Å²) in [6.45, 7) is 2.59. The van der Waals surface area contributed by atoms with Crippen molar-refractivity contribution < 1.29 is 23.8 Å². The number of rotatable bonds is 7. The number of hydrogen-bond donors (Lipinski definition) is 1. The Morgan fingerprint density at radius 3 is 2.52 bits per heavy atom. The molecule has 0 radical (unpaired) electrons. The highest BCUT2D eigenvalue weighted by Crippen LogP contribution is 2.29. The Kier molecular flexibility index (Phi) is 5.74. The van der Waals surface area contributed by atoms with Crippen LogP contribution in [0.2, 0.25) is 0 Å². The van der Waals surface area contributed by atoms with E-state index in [9.17, 15) is 9.18 Å². The molecule has 2 rings (SSSR count). The van der Waals surface area contributed by atoms with E-state index in [1.807, 2.05) is 6.92 Å². The lowest BCUT2D eigenvalue weighted by atomic mass is 10.2. The fraction of sp³-hybridized carbons (Fsp3) is 0.167. The summed E-state index contributed by atoms with van der Waals surface area (Å²) in [5, 5.41) is 8.66. The maximum Gasteiger partial charge on any atom is 0.328 e. The van der Waals surface area contributed by atoms with Crippen molar-refractivity contribution in [1.29, 1.82) is 0 Å². The Morgan fingerprint density at radius 1 is 1.13 bits per heavy atom. The molecule has 0 aliphatic heterocycles. The first kappa shape index (κ1) is 16.5. The largest absolute Gasteiger partial charge is 0.490 e. The number of halogens is 1. The van der Waals surface area contributed by atoms with Gasteiger partial charge in [-0.3, -0.25) is 0 Å². The van der Waals surface area contributed by atoms with Gasteiger partial charge in [-0.1, -0.05) is 18.2 Å². The summed E-state index contributed by atoms with van der Waals surface area (Å²) >= 11 is 0. The molecule has 120 valence electrons. The topological polar surface area (TPSA) is 55.8 Å². The molecule has 0 heterocycles. The van der Waals surface area contributed by atoms with Crippen molar-refractivity contribution in [3.8, 4) is 11.5 Å². The molecule has 0 unspecified atom stereocenters. The van der Waals surface area contributed by atoms with E-state index < -0.39 is 5.97 Å². The highest BCUT2D eigenvalue weighted by molar-refractivity contribution is 5.85. The van der Waals surface area contributed by atoms with Crippen molar-refractivity contribution in [3.05, 3.63) is 65.5 Å². The lowest BCUT2D eigenvalue weighted by molar-refractivity contribution is -0.131. The van der Waals surface area contributed by atoms with Crippen molar-refractivity contribution in [1.82, 2.24) is 0 Å². The van der Waals surface area contributed by atoms with E-state index in [4.69, 9.17) is 14.6 Å². The number of ether oxygens (including phenoxy) is 2. The molecule has 1 N–H and O–H groups in total. The van der Waals surface area contributed by atoms with Crippen LogP contribution >= 0.6 is 0 Å². The maximum atomic E-state index is 12.9. The van der Waals surface area contributed by atoms with Gasteiger partial charge in [0.1, 0.15) is 12.4 Å². The van der Waals surface area contributed by atoms with Crippen LogP contribution in [-0.4, -0.2) is 17.7 Å². The molecule has 2 aromatic carbocycles. The van der Waals surface area contributed by atoms with Crippen molar-refractivity contribution in [2.75, 3.05) is 6.61 Å². The van der Waals surface area contributed by atoms with Gasteiger partial charge in [0.25, 0.3) is 0 Å². The van der Waals surface area contributed by atoms with Crippen LogP contribution in [0, 0.1) is 5.82 Å². The fourth-order valence-corrected chi connectivity index (χ4v) is 1.93. The van der Waals surface area contributed by atoms with Crippen LogP contribution in [0.5, 0.6) is 11.5 Å². The van der Waals surface area contributed by atoms with Crippen LogP contribution in [0.15, 0.2) is 48.5 Å². The van der Waals surface area contributed by atoms with Gasteiger partial charge in [-0.25, -0.2) is 9.18 Å². The molecule has 4 nitrogen and oxygen atoms in total. The average molecular weight is 316 g/mol. The van der Waals surface area contributed by atoms with Crippen LogP contribution in [0.4, 0.5) is 4.39 Å². The molecule has 5 heteroatoms. The van der Waals surface area contributed by atoms with E-state index in [2.05, 4.69) is 0 Å². The van der Waals surface area contributed by atoms with Crippen LogP contribution < -0.4 is 9.47 Å². The Bertz CT molecular complexity index is 693. The van der Waals surface area contributed by atoms with Crippen molar-refractivity contribution >= 4 is 12.0 Å². The Labute approximate surface area is 133 Å². The van der Waals surface area contributed by atoms with Crippen LogP contribution in [-0.2, 0) is 11.4 Å². The van der Waals surface area contributed by atoms with E-state index in [0.717, 1.165) is 11.6 Å². The summed E-state index contributed by atoms with van der Waals surface area (Å²) in [5.74, 6) is -0.233. The van der Waals surface area contributed by atoms with E-state index in [-0.39, 0.29) is 12.4 Å². The normalized spacial score (nSPS) is 10.7. The van der Waals surface area contributed by atoms with Gasteiger partial charge in [-0.2, -0.15) is 0 Å². The smallest absolute Gasteiger partial charge is 0.328 e. The predicted octanol–water partition coefficient (Wildman–Crippen LogP) is 3.90. The van der Waals surface area contributed by atoms with Gasteiger partial charge >= 0.3 is 5.97 Å². The van der Waals surface area contributed by atoms with Crippen LogP contribution in [0.1, 0.15) is 18.1 Å². The first-order valence-electron chi connectivity index (χ1n) is 7.13. The van der Waals surface area contributed by atoms with E-state index >= 15 is 0 Å². The van der Waals surface area contributed by atoms with Crippen LogP contribution in [0.25, 0.3) is 6.08 Å². The minimum atomic E-state index is -1.01. The zero-order valence-electron chi connectivity index (χ0n) is 12.7. The summed E-state index contributed by atoms with van der Waals surface area (Å²) in [6, 6.07) is 11.2. The molecular weight excluding hydrogens is 299 g/mol. The number of carboxylic acids is 1. The second-order valence-electron chi connectivity index (χ2n) is 4.73. The molecule has 0 aliphatic carbocycles. The third-order valence-corrected chi connectivity index (χ3v) is 2.99. The Hall–Kier alpha value is -2.82. The number of aliphatic carboxylic acids is 1. The van der Waals surface area contributed by atoms with Gasteiger partial charge in [0, 0.05) is 6.08 Å². The highest BCUT2D eigenvalue weighted by atomic mass is 19.1. The molecule has 0 bridgehead atoms. The molecule has 2 aromatic rings. The lowest BCUT2D eigenvalue weighted by Gasteiger charge is -2.12. The fourth-order valence-electron chi connectivity index (χ4n) is 1.93. The summed E-state index contributed by atoms with van der Waals surface area (Å²) in [7, 11) is 0. The minimum Gasteiger partial charge on any atom is -0.490 e. The molecule has 0 aromatic heterocycles. The zero-order chi connectivity index (χ0) is 16.7. The quantitative estimate of drug-likeness (QED) is 0.787.